The van der Waals surface area contributed by atoms with Gasteiger partial charge in [-0.2, -0.15) is 11.3 Å². The molecule has 1 heterocycles. The van der Waals surface area contributed by atoms with E-state index in [-0.39, 0.29) is 5.91 Å². The third-order valence-corrected chi connectivity index (χ3v) is 3.52. The van der Waals surface area contributed by atoms with Crippen molar-refractivity contribution in [2.45, 2.75) is 19.8 Å². The average Bonchev–Trinajstić information content (AvgIpc) is 2.71. The van der Waals surface area contributed by atoms with Crippen molar-refractivity contribution in [1.82, 2.24) is 4.90 Å². The lowest BCUT2D eigenvalue weighted by Crippen LogP contribution is -2.33. The molecular weight excluding hydrogens is 274 g/mol. The van der Waals surface area contributed by atoms with E-state index < -0.39 is 0 Å². The molecule has 0 bridgehead atoms. The number of hydrogen-bond donors (Lipinski definition) is 0. The molecule has 1 amide bonds. The van der Waals surface area contributed by atoms with E-state index >= 15 is 0 Å². The van der Waals surface area contributed by atoms with Crippen LogP contribution in [-0.4, -0.2) is 29.2 Å². The number of carbonyl (C=O) groups excluding carboxylic acids is 1. The van der Waals surface area contributed by atoms with Crippen LogP contribution in [0.1, 0.15) is 18.9 Å². The first-order valence-electron chi connectivity index (χ1n) is 5.12. The molecule has 1 rings (SSSR count). The molecule has 0 aliphatic rings. The van der Waals surface area contributed by atoms with Crippen LogP contribution in [0.3, 0.4) is 0 Å². The number of alkyl halides is 1. The first-order valence-corrected chi connectivity index (χ1v) is 7.19. The second-order valence-corrected chi connectivity index (χ2v) is 4.90. The monoisotopic (exact) mass is 289 g/mol. The van der Waals surface area contributed by atoms with E-state index in [4.69, 9.17) is 0 Å². The van der Waals surface area contributed by atoms with Gasteiger partial charge in [-0.05, 0) is 35.7 Å². The molecule has 0 fully saturated rings. The maximum absolute atomic E-state index is 11.9. The maximum Gasteiger partial charge on any atom is 0.227 e. The molecule has 0 saturated heterocycles. The van der Waals surface area contributed by atoms with E-state index in [1.165, 1.54) is 0 Å². The molecule has 1 aromatic heterocycles. The molecule has 4 heteroatoms. The Morgan fingerprint density at radius 2 is 2.40 bits per heavy atom. The lowest BCUT2D eigenvalue weighted by Gasteiger charge is -2.20. The molecule has 0 aromatic carbocycles. The molecular formula is C11H16BrNOS. The smallest absolute Gasteiger partial charge is 0.227 e. The summed E-state index contributed by atoms with van der Waals surface area (Å²) in [5, 5.41) is 5.00. The van der Waals surface area contributed by atoms with Gasteiger partial charge >= 0.3 is 0 Å². The van der Waals surface area contributed by atoms with Gasteiger partial charge in [0.25, 0.3) is 0 Å². The normalized spacial score (nSPS) is 10.3. The van der Waals surface area contributed by atoms with Crippen molar-refractivity contribution in [2.75, 3.05) is 18.4 Å². The number of carbonyl (C=O) groups is 1. The Balaban J connectivity index is 2.43. The predicted molar refractivity (Wildman–Crippen MR) is 68.7 cm³/mol. The van der Waals surface area contributed by atoms with Gasteiger partial charge in [0.2, 0.25) is 5.91 Å². The molecule has 2 nitrogen and oxygen atoms in total. The first kappa shape index (κ1) is 12.7. The van der Waals surface area contributed by atoms with Gasteiger partial charge in [-0.25, -0.2) is 0 Å². The van der Waals surface area contributed by atoms with Crippen molar-refractivity contribution >= 4 is 33.2 Å². The van der Waals surface area contributed by atoms with Crippen molar-refractivity contribution in [2.24, 2.45) is 0 Å². The van der Waals surface area contributed by atoms with Gasteiger partial charge in [0.15, 0.2) is 0 Å². The molecule has 0 aliphatic heterocycles. The summed E-state index contributed by atoms with van der Waals surface area (Å²) in [6.45, 7) is 3.68. The van der Waals surface area contributed by atoms with Gasteiger partial charge in [-0.1, -0.05) is 15.9 Å². The lowest BCUT2D eigenvalue weighted by atomic mass is 10.2. The van der Waals surface area contributed by atoms with Crippen LogP contribution in [0.5, 0.6) is 0 Å². The highest BCUT2D eigenvalue weighted by atomic mass is 79.9. The third kappa shape index (κ3) is 4.34. The molecule has 0 saturated carbocycles. The number of likely N-dealkylation sites (N-methyl/N-ethyl adjacent to an activating group) is 1. The van der Waals surface area contributed by atoms with Crippen LogP contribution in [0, 0.1) is 0 Å². The molecule has 0 atom stereocenters. The molecule has 15 heavy (non-hydrogen) atoms. The maximum atomic E-state index is 11.9. The SMILES string of the molecule is CCN(CCCBr)C(=O)Cc1ccsc1. The van der Waals surface area contributed by atoms with Crippen LogP contribution >= 0.6 is 27.3 Å². The summed E-state index contributed by atoms with van der Waals surface area (Å²) < 4.78 is 0. The number of thiophene rings is 1. The summed E-state index contributed by atoms with van der Waals surface area (Å²) in [7, 11) is 0. The Morgan fingerprint density at radius 1 is 1.60 bits per heavy atom. The number of halogens is 1. The van der Waals surface area contributed by atoms with E-state index in [0.29, 0.717) is 6.42 Å². The Kier molecular flexibility index (Phi) is 5.95. The largest absolute Gasteiger partial charge is 0.343 e. The van der Waals surface area contributed by atoms with Gasteiger partial charge < -0.3 is 4.90 Å². The molecule has 0 unspecified atom stereocenters. The molecule has 0 N–H and O–H groups in total. The zero-order valence-electron chi connectivity index (χ0n) is 8.91. The summed E-state index contributed by atoms with van der Waals surface area (Å²) >= 11 is 5.02. The second-order valence-electron chi connectivity index (χ2n) is 3.32. The standard InChI is InChI=1S/C11H16BrNOS/c1-2-13(6-3-5-12)11(14)8-10-4-7-15-9-10/h4,7,9H,2-3,5-6,8H2,1H3. The summed E-state index contributed by atoms with van der Waals surface area (Å²) in [5.74, 6) is 0.233. The average molecular weight is 290 g/mol. The number of nitrogens with zero attached hydrogens (tertiary/aromatic N) is 1. The van der Waals surface area contributed by atoms with Crippen molar-refractivity contribution in [3.05, 3.63) is 22.4 Å². The number of rotatable bonds is 6. The molecule has 1 aromatic rings. The van der Waals surface area contributed by atoms with Crippen LogP contribution in [0.25, 0.3) is 0 Å². The predicted octanol–water partition coefficient (Wildman–Crippen LogP) is 2.92. The van der Waals surface area contributed by atoms with Gasteiger partial charge in [0.05, 0.1) is 6.42 Å². The summed E-state index contributed by atoms with van der Waals surface area (Å²) in [6.07, 6.45) is 1.56. The Labute approximate surface area is 103 Å². The highest BCUT2D eigenvalue weighted by molar-refractivity contribution is 9.09. The fourth-order valence-electron chi connectivity index (χ4n) is 1.39. The molecule has 0 radical (unpaired) electrons. The van der Waals surface area contributed by atoms with Gasteiger partial charge in [-0.15, -0.1) is 0 Å². The molecule has 0 aliphatic carbocycles. The fraction of sp³-hybridized carbons (Fsp3) is 0.545. The molecule has 84 valence electrons. The molecule has 0 spiro atoms. The zero-order valence-corrected chi connectivity index (χ0v) is 11.3. The van der Waals surface area contributed by atoms with Crippen molar-refractivity contribution in [3.63, 3.8) is 0 Å². The van der Waals surface area contributed by atoms with Crippen LogP contribution in [0.15, 0.2) is 16.8 Å². The highest BCUT2D eigenvalue weighted by Gasteiger charge is 2.11. The summed E-state index contributed by atoms with van der Waals surface area (Å²) in [6, 6.07) is 2.01. The Morgan fingerprint density at radius 3 is 2.93 bits per heavy atom. The Hall–Kier alpha value is -0.350. The lowest BCUT2D eigenvalue weighted by molar-refractivity contribution is -0.130. The van der Waals surface area contributed by atoms with Crippen molar-refractivity contribution < 1.29 is 4.79 Å². The van der Waals surface area contributed by atoms with E-state index in [9.17, 15) is 4.79 Å². The topological polar surface area (TPSA) is 20.3 Å². The van der Waals surface area contributed by atoms with Crippen LogP contribution in [0.2, 0.25) is 0 Å². The minimum Gasteiger partial charge on any atom is -0.343 e. The second kappa shape index (κ2) is 7.01. The minimum absolute atomic E-state index is 0.233. The van der Waals surface area contributed by atoms with Gasteiger partial charge in [0.1, 0.15) is 0 Å². The fourth-order valence-corrected chi connectivity index (χ4v) is 2.31. The van der Waals surface area contributed by atoms with Gasteiger partial charge in [-0.3, -0.25) is 4.79 Å². The third-order valence-electron chi connectivity index (χ3n) is 2.23. The first-order chi connectivity index (χ1) is 7.27. The van der Waals surface area contributed by atoms with E-state index in [2.05, 4.69) is 15.9 Å². The van der Waals surface area contributed by atoms with Crippen molar-refractivity contribution in [1.29, 1.82) is 0 Å². The van der Waals surface area contributed by atoms with E-state index in [0.717, 1.165) is 30.4 Å². The highest BCUT2D eigenvalue weighted by Crippen LogP contribution is 2.08. The van der Waals surface area contributed by atoms with E-state index in [1.54, 1.807) is 11.3 Å². The summed E-state index contributed by atoms with van der Waals surface area (Å²) in [4.78, 5) is 13.8. The zero-order chi connectivity index (χ0) is 11.1. The van der Waals surface area contributed by atoms with E-state index in [1.807, 2.05) is 28.7 Å². The van der Waals surface area contributed by atoms with Crippen LogP contribution in [0.4, 0.5) is 0 Å². The minimum atomic E-state index is 0.233. The van der Waals surface area contributed by atoms with Crippen molar-refractivity contribution in [3.8, 4) is 0 Å². The quantitative estimate of drug-likeness (QED) is 0.738. The van der Waals surface area contributed by atoms with Gasteiger partial charge in [0, 0.05) is 18.4 Å². The van der Waals surface area contributed by atoms with Crippen LogP contribution in [-0.2, 0) is 11.2 Å². The number of hydrogen-bond acceptors (Lipinski definition) is 2. The Bertz CT molecular complexity index is 287. The summed E-state index contributed by atoms with van der Waals surface area (Å²) in [5.41, 5.74) is 1.13. The number of amides is 1. The van der Waals surface area contributed by atoms with Crippen LogP contribution < -0.4 is 0 Å².